The third-order valence-corrected chi connectivity index (χ3v) is 7.20. The second kappa shape index (κ2) is 10.6. The van der Waals surface area contributed by atoms with E-state index in [1.807, 2.05) is 84.9 Å². The molecule has 0 bridgehead atoms. The molecule has 37 heavy (non-hydrogen) atoms. The van der Waals surface area contributed by atoms with E-state index in [2.05, 4.69) is 21.2 Å². The summed E-state index contributed by atoms with van der Waals surface area (Å²) in [7, 11) is 1.57. The Kier molecular flexibility index (Phi) is 7.06. The number of carbonyl (C=O) groups excluding carboxylic acids is 3. The van der Waals surface area contributed by atoms with E-state index in [-0.39, 0.29) is 30.8 Å². The van der Waals surface area contributed by atoms with E-state index in [9.17, 15) is 14.4 Å². The van der Waals surface area contributed by atoms with Gasteiger partial charge in [0.15, 0.2) is 0 Å². The quantitative estimate of drug-likeness (QED) is 0.334. The first kappa shape index (κ1) is 24.7. The number of halogens is 1. The van der Waals surface area contributed by atoms with Crippen molar-refractivity contribution in [1.29, 1.82) is 0 Å². The minimum Gasteiger partial charge on any atom is -0.357 e. The van der Waals surface area contributed by atoms with Crippen molar-refractivity contribution >= 4 is 50.1 Å². The van der Waals surface area contributed by atoms with Crippen molar-refractivity contribution in [3.63, 3.8) is 0 Å². The molecule has 1 aliphatic heterocycles. The number of nitrogens with zero attached hydrogens (tertiary/aromatic N) is 2. The Balaban J connectivity index is 1.50. The van der Waals surface area contributed by atoms with Gasteiger partial charge in [-0.1, -0.05) is 82.7 Å². The van der Waals surface area contributed by atoms with Crippen LogP contribution in [0.4, 0.5) is 5.69 Å². The van der Waals surface area contributed by atoms with E-state index in [1.54, 1.807) is 18.0 Å². The molecule has 0 aromatic heterocycles. The first-order chi connectivity index (χ1) is 18.0. The molecule has 1 atom stereocenters. The zero-order valence-corrected chi connectivity index (χ0v) is 21.9. The minimum atomic E-state index is -0.755. The van der Waals surface area contributed by atoms with Gasteiger partial charge in [-0.3, -0.25) is 19.3 Å². The number of hydrogen-bond donors (Lipinski definition) is 1. The number of benzene rings is 4. The summed E-state index contributed by atoms with van der Waals surface area (Å²) in [6.07, 6.45) is 0.351. The summed E-state index contributed by atoms with van der Waals surface area (Å²) in [5.41, 5.74) is 3.13. The molecule has 0 saturated heterocycles. The molecule has 7 heteroatoms. The molecule has 0 saturated carbocycles. The van der Waals surface area contributed by atoms with Crippen LogP contribution in [0.5, 0.6) is 0 Å². The zero-order valence-electron chi connectivity index (χ0n) is 20.4. The van der Waals surface area contributed by atoms with Crippen LogP contribution in [0, 0.1) is 0 Å². The fourth-order valence-corrected chi connectivity index (χ4v) is 5.36. The number of rotatable bonds is 8. The molecule has 186 valence electrons. The molecule has 0 fully saturated rings. The topological polar surface area (TPSA) is 69.7 Å². The fourth-order valence-electron chi connectivity index (χ4n) is 4.91. The standard InChI is InChI=1S/C30H26BrN3O3/c1-32-29(36)26(17-20-8-3-2-4-9-20)33(18-21-10-5-13-23(31)16-21)27(35)19-34-25-15-7-12-22-11-6-14-24(28(22)25)30(34)37/h2-16,26H,17-19H2,1H3,(H,32,36)/t26-/m0/s1. The number of anilines is 1. The smallest absolute Gasteiger partial charge is 0.259 e. The fraction of sp³-hybridized carbons (Fsp3) is 0.167. The minimum absolute atomic E-state index is 0.164. The number of hydrogen-bond acceptors (Lipinski definition) is 3. The molecule has 5 rings (SSSR count). The summed E-state index contributed by atoms with van der Waals surface area (Å²) in [4.78, 5) is 43.6. The molecule has 6 nitrogen and oxygen atoms in total. The van der Waals surface area contributed by atoms with Gasteiger partial charge in [-0.2, -0.15) is 0 Å². The van der Waals surface area contributed by atoms with Crippen LogP contribution in [0.1, 0.15) is 21.5 Å². The number of amides is 3. The van der Waals surface area contributed by atoms with Crippen molar-refractivity contribution < 1.29 is 14.4 Å². The Bertz CT molecular complexity index is 1480. The number of nitrogens with one attached hydrogen (secondary N) is 1. The summed E-state index contributed by atoms with van der Waals surface area (Å²) in [5.74, 6) is -0.768. The molecule has 0 radical (unpaired) electrons. The zero-order chi connectivity index (χ0) is 25.9. The van der Waals surface area contributed by atoms with Gasteiger partial charge in [0.1, 0.15) is 12.6 Å². The largest absolute Gasteiger partial charge is 0.357 e. The first-order valence-electron chi connectivity index (χ1n) is 12.1. The van der Waals surface area contributed by atoms with Crippen molar-refractivity contribution in [3.8, 4) is 0 Å². The summed E-state index contributed by atoms with van der Waals surface area (Å²) in [6.45, 7) is 0.0608. The van der Waals surface area contributed by atoms with Crippen LogP contribution in [0.25, 0.3) is 10.8 Å². The molecule has 4 aromatic rings. The van der Waals surface area contributed by atoms with Crippen LogP contribution in [0.2, 0.25) is 0 Å². The number of likely N-dealkylation sites (N-methyl/N-ethyl adjacent to an activating group) is 1. The molecule has 1 heterocycles. The first-order valence-corrected chi connectivity index (χ1v) is 12.9. The average Bonchev–Trinajstić information content (AvgIpc) is 3.18. The van der Waals surface area contributed by atoms with Crippen molar-refractivity contribution in [2.75, 3.05) is 18.5 Å². The third-order valence-electron chi connectivity index (χ3n) is 6.70. The van der Waals surface area contributed by atoms with Gasteiger partial charge >= 0.3 is 0 Å². The molecule has 0 unspecified atom stereocenters. The van der Waals surface area contributed by atoms with Crippen molar-refractivity contribution in [3.05, 3.63) is 112 Å². The Morgan fingerprint density at radius 3 is 2.35 bits per heavy atom. The molecule has 1 N–H and O–H groups in total. The van der Waals surface area contributed by atoms with Gasteiger partial charge in [0.2, 0.25) is 11.8 Å². The van der Waals surface area contributed by atoms with Gasteiger partial charge in [0.25, 0.3) is 5.91 Å². The van der Waals surface area contributed by atoms with Crippen molar-refractivity contribution in [1.82, 2.24) is 10.2 Å². The van der Waals surface area contributed by atoms with Crippen molar-refractivity contribution in [2.45, 2.75) is 19.0 Å². The van der Waals surface area contributed by atoms with Crippen LogP contribution in [0.15, 0.2) is 95.5 Å². The van der Waals surface area contributed by atoms with Gasteiger partial charge < -0.3 is 10.2 Å². The molecule has 4 aromatic carbocycles. The highest BCUT2D eigenvalue weighted by Crippen LogP contribution is 2.37. The van der Waals surface area contributed by atoms with Crippen LogP contribution >= 0.6 is 15.9 Å². The predicted molar refractivity (Wildman–Crippen MR) is 148 cm³/mol. The molecular formula is C30H26BrN3O3. The Morgan fingerprint density at radius 1 is 0.919 bits per heavy atom. The summed E-state index contributed by atoms with van der Waals surface area (Å²) >= 11 is 3.50. The maximum atomic E-state index is 14.0. The Morgan fingerprint density at radius 2 is 1.62 bits per heavy atom. The van der Waals surface area contributed by atoms with Crippen molar-refractivity contribution in [2.24, 2.45) is 0 Å². The highest BCUT2D eigenvalue weighted by atomic mass is 79.9. The highest BCUT2D eigenvalue weighted by Gasteiger charge is 2.35. The second-order valence-electron chi connectivity index (χ2n) is 9.04. The van der Waals surface area contributed by atoms with Crippen LogP contribution in [-0.2, 0) is 22.6 Å². The lowest BCUT2D eigenvalue weighted by Crippen LogP contribution is -2.52. The van der Waals surface area contributed by atoms with Gasteiger partial charge in [0, 0.05) is 35.4 Å². The van der Waals surface area contributed by atoms with Gasteiger partial charge in [-0.15, -0.1) is 0 Å². The summed E-state index contributed by atoms with van der Waals surface area (Å²) in [5, 5.41) is 4.54. The average molecular weight is 556 g/mol. The maximum Gasteiger partial charge on any atom is 0.259 e. The van der Waals surface area contributed by atoms with Crippen LogP contribution < -0.4 is 10.2 Å². The third kappa shape index (κ3) is 5.00. The summed E-state index contributed by atoms with van der Waals surface area (Å²) in [6, 6.07) is 27.9. The lowest BCUT2D eigenvalue weighted by atomic mass is 10.0. The predicted octanol–water partition coefficient (Wildman–Crippen LogP) is 4.95. The van der Waals surface area contributed by atoms with E-state index >= 15 is 0 Å². The van der Waals surface area contributed by atoms with Gasteiger partial charge in [-0.25, -0.2) is 0 Å². The highest BCUT2D eigenvalue weighted by molar-refractivity contribution is 9.10. The molecule has 0 spiro atoms. The van der Waals surface area contributed by atoms with E-state index in [0.717, 1.165) is 26.4 Å². The Hall–Kier alpha value is -3.97. The van der Waals surface area contributed by atoms with Crippen LogP contribution in [-0.4, -0.2) is 42.3 Å². The van der Waals surface area contributed by atoms with E-state index < -0.39 is 6.04 Å². The molecule has 1 aliphatic rings. The normalized spacial score (nSPS) is 13.0. The lowest BCUT2D eigenvalue weighted by molar-refractivity contribution is -0.140. The van der Waals surface area contributed by atoms with E-state index in [0.29, 0.717) is 17.7 Å². The molecular weight excluding hydrogens is 530 g/mol. The molecule has 3 amide bonds. The van der Waals surface area contributed by atoms with Gasteiger partial charge in [0.05, 0.1) is 5.69 Å². The molecule has 0 aliphatic carbocycles. The maximum absolute atomic E-state index is 14.0. The Labute approximate surface area is 224 Å². The lowest BCUT2D eigenvalue weighted by Gasteiger charge is -2.32. The van der Waals surface area contributed by atoms with E-state index in [4.69, 9.17) is 0 Å². The van der Waals surface area contributed by atoms with E-state index in [1.165, 1.54) is 4.90 Å². The van der Waals surface area contributed by atoms with Gasteiger partial charge in [-0.05, 0) is 40.8 Å². The van der Waals surface area contributed by atoms with Crippen LogP contribution in [0.3, 0.4) is 0 Å². The monoisotopic (exact) mass is 555 g/mol. The SMILES string of the molecule is CNC(=O)[C@H](Cc1ccccc1)N(Cc1cccc(Br)c1)C(=O)CN1C(=O)c2cccc3cccc1c23. The number of carbonyl (C=O) groups is 3. The second-order valence-corrected chi connectivity index (χ2v) is 9.96. The summed E-state index contributed by atoms with van der Waals surface area (Å²) < 4.78 is 0.883.